The van der Waals surface area contributed by atoms with Crippen LogP contribution in [0.25, 0.3) is 0 Å². The molecule has 2 atom stereocenters. The largest absolute Gasteiger partial charge is 0.396 e. The molecule has 1 aromatic carbocycles. The average molecular weight is 246 g/mol. The van der Waals surface area contributed by atoms with Crippen LogP contribution in [-0.4, -0.2) is 18.3 Å². The molecule has 0 amide bonds. The van der Waals surface area contributed by atoms with Crippen molar-refractivity contribution in [3.8, 4) is 0 Å². The number of hydrogen-bond donors (Lipinski definition) is 2. The van der Waals surface area contributed by atoms with Crippen molar-refractivity contribution in [1.29, 1.82) is 0 Å². The minimum absolute atomic E-state index is 0.128. The Morgan fingerprint density at radius 1 is 1.40 bits per heavy atom. The lowest BCUT2D eigenvalue weighted by atomic mass is 10.0. The second-order valence-corrected chi connectivity index (χ2v) is 4.97. The third kappa shape index (κ3) is 1.87. The normalized spacial score (nSPS) is 29.2. The minimum atomic E-state index is -0.128. The van der Waals surface area contributed by atoms with Gasteiger partial charge in [0.1, 0.15) is 0 Å². The molecule has 1 aromatic rings. The highest BCUT2D eigenvalue weighted by atomic mass is 35.5. The van der Waals surface area contributed by atoms with Crippen molar-refractivity contribution in [2.45, 2.75) is 12.3 Å². The quantitative estimate of drug-likeness (QED) is 0.860. The molecule has 1 saturated carbocycles. The summed E-state index contributed by atoms with van der Waals surface area (Å²) in [4.78, 5) is 0. The summed E-state index contributed by atoms with van der Waals surface area (Å²) in [5.74, 6) is 0.322. The molecule has 1 fully saturated rings. The van der Waals surface area contributed by atoms with E-state index in [2.05, 4.69) is 0 Å². The maximum atomic E-state index is 9.27. The van der Waals surface area contributed by atoms with Gasteiger partial charge in [0.05, 0.1) is 16.7 Å². The Labute approximate surface area is 99.0 Å². The van der Waals surface area contributed by atoms with Crippen molar-refractivity contribution in [1.82, 2.24) is 0 Å². The number of aliphatic hydroxyl groups excluding tert-OH is 1. The highest BCUT2D eigenvalue weighted by Crippen LogP contribution is 2.58. The Kier molecular flexibility index (Phi) is 2.95. The zero-order valence-electron chi connectivity index (χ0n) is 8.21. The molecule has 0 radical (unpaired) electrons. The van der Waals surface area contributed by atoms with Gasteiger partial charge in [0.2, 0.25) is 0 Å². The maximum absolute atomic E-state index is 9.27. The van der Waals surface area contributed by atoms with E-state index in [1.807, 2.05) is 12.1 Å². The van der Waals surface area contributed by atoms with Crippen molar-refractivity contribution >= 4 is 23.2 Å². The van der Waals surface area contributed by atoms with Crippen molar-refractivity contribution in [3.63, 3.8) is 0 Å². The average Bonchev–Trinajstić information content (AvgIpc) is 2.97. The van der Waals surface area contributed by atoms with Gasteiger partial charge >= 0.3 is 0 Å². The predicted octanol–water partition coefficient (Wildman–Crippen LogP) is 2.42. The molecule has 0 aliphatic heterocycles. The lowest BCUT2D eigenvalue weighted by molar-refractivity contribution is 0.211. The van der Waals surface area contributed by atoms with Crippen LogP contribution in [0, 0.1) is 5.41 Å². The number of rotatable bonds is 3. The molecule has 0 bridgehead atoms. The maximum Gasteiger partial charge on any atom is 0.0595 e. The van der Waals surface area contributed by atoms with Gasteiger partial charge in [0.15, 0.2) is 0 Å². The molecular weight excluding hydrogens is 233 g/mol. The Morgan fingerprint density at radius 2 is 2.13 bits per heavy atom. The molecule has 0 saturated heterocycles. The van der Waals surface area contributed by atoms with Crippen molar-refractivity contribution in [3.05, 3.63) is 33.8 Å². The van der Waals surface area contributed by atoms with E-state index in [4.69, 9.17) is 28.9 Å². The van der Waals surface area contributed by atoms with Gasteiger partial charge in [-0.3, -0.25) is 0 Å². The van der Waals surface area contributed by atoms with Crippen LogP contribution in [0.15, 0.2) is 18.2 Å². The van der Waals surface area contributed by atoms with Gasteiger partial charge in [0, 0.05) is 12.0 Å². The molecule has 1 aliphatic rings. The first-order valence-electron chi connectivity index (χ1n) is 4.89. The highest BCUT2D eigenvalue weighted by Gasteiger charge is 2.53. The molecule has 4 heteroatoms. The topological polar surface area (TPSA) is 46.2 Å². The first-order valence-corrected chi connectivity index (χ1v) is 5.64. The smallest absolute Gasteiger partial charge is 0.0595 e. The molecule has 15 heavy (non-hydrogen) atoms. The predicted molar refractivity (Wildman–Crippen MR) is 62.4 cm³/mol. The van der Waals surface area contributed by atoms with Crippen LogP contribution in [-0.2, 0) is 0 Å². The van der Waals surface area contributed by atoms with Crippen molar-refractivity contribution in [2.75, 3.05) is 13.2 Å². The van der Waals surface area contributed by atoms with Crippen LogP contribution in [0.2, 0.25) is 10.0 Å². The Balaban J connectivity index is 2.23. The lowest BCUT2D eigenvalue weighted by Crippen LogP contribution is -2.21. The van der Waals surface area contributed by atoms with E-state index >= 15 is 0 Å². The molecule has 0 unspecified atom stereocenters. The van der Waals surface area contributed by atoms with E-state index in [-0.39, 0.29) is 12.0 Å². The number of aliphatic hydroxyl groups is 1. The van der Waals surface area contributed by atoms with E-state index in [0.29, 0.717) is 22.5 Å². The Hall–Kier alpha value is -0.280. The zero-order valence-corrected chi connectivity index (χ0v) is 9.72. The van der Waals surface area contributed by atoms with E-state index in [1.54, 1.807) is 6.07 Å². The van der Waals surface area contributed by atoms with Crippen LogP contribution in [0.5, 0.6) is 0 Å². The first kappa shape index (κ1) is 11.2. The molecule has 0 heterocycles. The number of nitrogens with two attached hydrogens (primary N) is 1. The molecular formula is C11H13Cl2NO. The zero-order chi connectivity index (χ0) is 11.1. The minimum Gasteiger partial charge on any atom is -0.396 e. The van der Waals surface area contributed by atoms with Gasteiger partial charge in [-0.05, 0) is 30.0 Å². The molecule has 3 N–H and O–H groups in total. The van der Waals surface area contributed by atoms with E-state index < -0.39 is 0 Å². The summed E-state index contributed by atoms with van der Waals surface area (Å²) in [6, 6.07) is 5.60. The van der Waals surface area contributed by atoms with Gasteiger partial charge in [0.25, 0.3) is 0 Å². The summed E-state index contributed by atoms with van der Waals surface area (Å²) in [6.07, 6.45) is 0.929. The van der Waals surface area contributed by atoms with E-state index in [0.717, 1.165) is 12.0 Å². The molecule has 0 spiro atoms. The van der Waals surface area contributed by atoms with Gasteiger partial charge in [-0.15, -0.1) is 0 Å². The van der Waals surface area contributed by atoms with Gasteiger partial charge in [-0.1, -0.05) is 29.3 Å². The van der Waals surface area contributed by atoms with Crippen LogP contribution in [0.1, 0.15) is 17.9 Å². The summed E-state index contributed by atoms with van der Waals surface area (Å²) in [7, 11) is 0. The molecule has 1 aliphatic carbocycles. The van der Waals surface area contributed by atoms with E-state index in [9.17, 15) is 5.11 Å². The number of hydrogen-bond acceptors (Lipinski definition) is 2. The van der Waals surface area contributed by atoms with Crippen LogP contribution in [0.3, 0.4) is 0 Å². The van der Waals surface area contributed by atoms with Crippen molar-refractivity contribution in [2.24, 2.45) is 11.1 Å². The van der Waals surface area contributed by atoms with Crippen LogP contribution in [0.4, 0.5) is 0 Å². The fourth-order valence-electron chi connectivity index (χ4n) is 2.01. The Morgan fingerprint density at radius 3 is 2.60 bits per heavy atom. The van der Waals surface area contributed by atoms with E-state index in [1.165, 1.54) is 0 Å². The summed E-state index contributed by atoms with van der Waals surface area (Å²) in [5.41, 5.74) is 6.64. The van der Waals surface area contributed by atoms with Gasteiger partial charge in [-0.25, -0.2) is 0 Å². The summed E-state index contributed by atoms with van der Waals surface area (Å²) < 4.78 is 0. The lowest BCUT2D eigenvalue weighted by Gasteiger charge is -2.11. The Bertz CT molecular complexity index is 377. The second kappa shape index (κ2) is 3.95. The van der Waals surface area contributed by atoms with Crippen LogP contribution >= 0.6 is 23.2 Å². The summed E-state index contributed by atoms with van der Waals surface area (Å²) in [6.45, 7) is 0.642. The molecule has 0 aromatic heterocycles. The molecule has 82 valence electrons. The fourth-order valence-corrected chi connectivity index (χ4v) is 2.32. The summed E-state index contributed by atoms with van der Waals surface area (Å²) >= 11 is 11.8. The number of benzene rings is 1. The SMILES string of the molecule is NC[C@@]1(CO)C[C@@H]1c1ccc(Cl)c(Cl)c1. The monoisotopic (exact) mass is 245 g/mol. The highest BCUT2D eigenvalue weighted by molar-refractivity contribution is 6.42. The van der Waals surface area contributed by atoms with Crippen molar-refractivity contribution < 1.29 is 5.11 Å². The van der Waals surface area contributed by atoms with Gasteiger partial charge < -0.3 is 10.8 Å². The fraction of sp³-hybridized carbons (Fsp3) is 0.455. The summed E-state index contributed by atoms with van der Waals surface area (Å²) in [5, 5.41) is 10.4. The standard InChI is InChI=1S/C11H13Cl2NO/c12-9-2-1-7(3-10(9)13)8-4-11(8,5-14)6-15/h1-3,8,15H,4-6,14H2/t8-,11-/m1/s1. The first-order chi connectivity index (χ1) is 7.13. The van der Waals surface area contributed by atoms with Crippen LogP contribution < -0.4 is 5.73 Å². The van der Waals surface area contributed by atoms with Gasteiger partial charge in [-0.2, -0.15) is 0 Å². The molecule has 2 rings (SSSR count). The molecule has 2 nitrogen and oxygen atoms in total. The third-order valence-electron chi connectivity index (χ3n) is 3.26. The third-order valence-corrected chi connectivity index (χ3v) is 4.00. The number of halogens is 2. The second-order valence-electron chi connectivity index (χ2n) is 4.15.